The first-order valence-corrected chi connectivity index (χ1v) is 10.8. The molecule has 1 atom stereocenters. The summed E-state index contributed by atoms with van der Waals surface area (Å²) < 4.78 is 16.3. The molecule has 2 N–H and O–H groups in total. The number of aromatic nitrogens is 3. The van der Waals surface area contributed by atoms with Crippen LogP contribution in [0, 0.1) is 5.82 Å². The minimum atomic E-state index is -0.682. The van der Waals surface area contributed by atoms with Gasteiger partial charge in [0.15, 0.2) is 0 Å². The van der Waals surface area contributed by atoms with Crippen LogP contribution in [0.5, 0.6) is 0 Å². The molecule has 33 heavy (non-hydrogen) atoms. The number of carbonyl (C=O) groups excluding carboxylic acids is 1. The summed E-state index contributed by atoms with van der Waals surface area (Å²) in [6.45, 7) is 0. The second kappa shape index (κ2) is 8.69. The zero-order chi connectivity index (χ0) is 22.9. The molecule has 0 saturated carbocycles. The van der Waals surface area contributed by atoms with Crippen molar-refractivity contribution in [2.75, 3.05) is 10.6 Å². The number of nitrogens with zero attached hydrogens (tertiary/aromatic N) is 3. The summed E-state index contributed by atoms with van der Waals surface area (Å²) >= 11 is 12.3. The van der Waals surface area contributed by atoms with E-state index >= 15 is 0 Å². The van der Waals surface area contributed by atoms with Gasteiger partial charge in [-0.05, 0) is 48.0 Å². The normalized spacial score (nSPS) is 14.8. The van der Waals surface area contributed by atoms with Gasteiger partial charge in [-0.15, -0.1) is 5.10 Å². The van der Waals surface area contributed by atoms with Crippen molar-refractivity contribution in [1.82, 2.24) is 14.8 Å². The number of nitrogens with one attached hydrogen (secondary N) is 2. The van der Waals surface area contributed by atoms with Gasteiger partial charge in [-0.1, -0.05) is 59.6 Å². The predicted octanol–water partition coefficient (Wildman–Crippen LogP) is 6.03. The van der Waals surface area contributed by atoms with Crippen LogP contribution in [0.25, 0.3) is 5.70 Å². The fourth-order valence-electron chi connectivity index (χ4n) is 3.61. The highest BCUT2D eigenvalue weighted by molar-refractivity contribution is 6.31. The maximum atomic E-state index is 14.9. The first-order valence-electron chi connectivity index (χ1n) is 10.0. The van der Waals surface area contributed by atoms with Crippen LogP contribution < -0.4 is 10.6 Å². The van der Waals surface area contributed by atoms with E-state index < -0.39 is 17.8 Å². The predicted molar refractivity (Wildman–Crippen MR) is 127 cm³/mol. The molecule has 0 bridgehead atoms. The van der Waals surface area contributed by atoms with Crippen LogP contribution in [0.4, 0.5) is 16.3 Å². The number of rotatable bonds is 4. The van der Waals surface area contributed by atoms with Crippen LogP contribution in [0.1, 0.15) is 27.5 Å². The lowest BCUT2D eigenvalue weighted by Gasteiger charge is -2.25. The molecule has 1 unspecified atom stereocenters. The van der Waals surface area contributed by atoms with E-state index in [1.165, 1.54) is 10.7 Å². The molecule has 164 valence electrons. The first kappa shape index (κ1) is 21.2. The van der Waals surface area contributed by atoms with Crippen LogP contribution in [-0.2, 0) is 0 Å². The van der Waals surface area contributed by atoms with Crippen LogP contribution in [-0.4, -0.2) is 20.7 Å². The Hall–Kier alpha value is -3.68. The molecule has 0 fully saturated rings. The highest BCUT2D eigenvalue weighted by Crippen LogP contribution is 2.37. The molecule has 4 aromatic rings. The van der Waals surface area contributed by atoms with E-state index in [1.54, 1.807) is 36.4 Å². The largest absolute Gasteiger partial charge is 0.324 e. The molecule has 0 radical (unpaired) electrons. The molecule has 6 nitrogen and oxygen atoms in total. The van der Waals surface area contributed by atoms with Gasteiger partial charge in [0.05, 0.1) is 0 Å². The van der Waals surface area contributed by atoms with E-state index in [0.717, 1.165) is 11.3 Å². The van der Waals surface area contributed by atoms with Gasteiger partial charge in [-0.2, -0.15) is 4.98 Å². The lowest BCUT2D eigenvalue weighted by atomic mass is 10.0. The molecule has 0 saturated heterocycles. The molecule has 1 aliphatic rings. The highest BCUT2D eigenvalue weighted by atomic mass is 35.5. The van der Waals surface area contributed by atoms with Crippen LogP contribution in [0.3, 0.4) is 0 Å². The van der Waals surface area contributed by atoms with Gasteiger partial charge in [-0.25, -0.2) is 9.07 Å². The van der Waals surface area contributed by atoms with Crippen molar-refractivity contribution in [3.8, 4) is 0 Å². The van der Waals surface area contributed by atoms with E-state index in [0.29, 0.717) is 16.5 Å². The number of hydrogen-bond donors (Lipinski definition) is 2. The number of benzene rings is 3. The van der Waals surface area contributed by atoms with E-state index in [4.69, 9.17) is 23.2 Å². The Bertz CT molecular complexity index is 1350. The van der Waals surface area contributed by atoms with E-state index in [2.05, 4.69) is 20.7 Å². The van der Waals surface area contributed by atoms with Crippen molar-refractivity contribution < 1.29 is 9.18 Å². The molecular formula is C24H16Cl2FN5O. The van der Waals surface area contributed by atoms with Crippen LogP contribution in [0.15, 0.2) is 78.9 Å². The van der Waals surface area contributed by atoms with Gasteiger partial charge in [0, 0.05) is 26.9 Å². The highest BCUT2D eigenvalue weighted by Gasteiger charge is 2.29. The second-order valence-electron chi connectivity index (χ2n) is 7.32. The zero-order valence-electron chi connectivity index (χ0n) is 17.0. The summed E-state index contributed by atoms with van der Waals surface area (Å²) in [5.74, 6) is -0.456. The Morgan fingerprint density at radius 3 is 2.48 bits per heavy atom. The number of fused-ring (bicyclic) bond motifs is 1. The van der Waals surface area contributed by atoms with Crippen LogP contribution in [0.2, 0.25) is 10.0 Å². The number of halogens is 3. The monoisotopic (exact) mass is 479 g/mol. The van der Waals surface area contributed by atoms with Crippen molar-refractivity contribution in [2.45, 2.75) is 6.04 Å². The average Bonchev–Trinajstić information content (AvgIpc) is 3.22. The van der Waals surface area contributed by atoms with Gasteiger partial charge in [0.2, 0.25) is 5.95 Å². The van der Waals surface area contributed by atoms with Gasteiger partial charge in [-0.3, -0.25) is 10.1 Å². The van der Waals surface area contributed by atoms with Gasteiger partial charge < -0.3 is 5.32 Å². The zero-order valence-corrected chi connectivity index (χ0v) is 18.5. The number of hydrogen-bond acceptors (Lipinski definition) is 4. The van der Waals surface area contributed by atoms with Gasteiger partial charge in [0.1, 0.15) is 11.9 Å². The summed E-state index contributed by atoms with van der Waals surface area (Å²) in [6, 6.07) is 19.8. The molecule has 0 aliphatic carbocycles. The molecule has 3 aromatic carbocycles. The molecule has 0 spiro atoms. The third kappa shape index (κ3) is 4.20. The standard InChI is InChI=1S/C24H16Cl2FN5O/c25-16-11-9-15(10-12-16)22(33)29-23-30-24-28-19(14-5-2-1-3-6-14)13-20(32(24)31-23)21-17(26)7-4-8-18(21)27/h1-13,20H,(H2,28,29,30,31,33). The number of amides is 1. The fraction of sp³-hybridized carbons (Fsp3) is 0.0417. The van der Waals surface area contributed by atoms with Crippen molar-refractivity contribution in [3.63, 3.8) is 0 Å². The van der Waals surface area contributed by atoms with Gasteiger partial charge in [0.25, 0.3) is 11.9 Å². The molecular weight excluding hydrogens is 464 g/mol. The average molecular weight is 480 g/mol. The quantitative estimate of drug-likeness (QED) is 0.374. The summed E-state index contributed by atoms with van der Waals surface area (Å²) in [5.41, 5.74) is 2.26. The summed E-state index contributed by atoms with van der Waals surface area (Å²) in [7, 11) is 0. The Morgan fingerprint density at radius 2 is 1.76 bits per heavy atom. The molecule has 9 heteroatoms. The fourth-order valence-corrected chi connectivity index (χ4v) is 4.01. The van der Waals surface area contributed by atoms with Crippen molar-refractivity contribution >= 4 is 46.7 Å². The lowest BCUT2D eigenvalue weighted by Crippen LogP contribution is -2.21. The van der Waals surface area contributed by atoms with Gasteiger partial charge >= 0.3 is 0 Å². The third-order valence-corrected chi connectivity index (χ3v) is 5.76. The van der Waals surface area contributed by atoms with Crippen molar-refractivity contribution in [2.24, 2.45) is 0 Å². The summed E-state index contributed by atoms with van der Waals surface area (Å²) in [4.78, 5) is 17.0. The SMILES string of the molecule is O=C(Nc1nc2n(n1)C(c1c(F)cccc1Cl)C=C(c1ccccc1)N2)c1ccc(Cl)cc1. The minimum Gasteiger partial charge on any atom is -0.324 e. The topological polar surface area (TPSA) is 71.8 Å². The molecule has 1 amide bonds. The summed E-state index contributed by atoms with van der Waals surface area (Å²) in [6.07, 6.45) is 1.83. The molecule has 2 heterocycles. The van der Waals surface area contributed by atoms with E-state index in [9.17, 15) is 9.18 Å². The Balaban J connectivity index is 1.54. The van der Waals surface area contributed by atoms with E-state index in [1.807, 2.05) is 36.4 Å². The molecule has 1 aliphatic heterocycles. The Kier molecular flexibility index (Phi) is 5.58. The number of anilines is 2. The van der Waals surface area contributed by atoms with E-state index in [-0.39, 0.29) is 16.5 Å². The smallest absolute Gasteiger partial charge is 0.258 e. The van der Waals surface area contributed by atoms with Crippen molar-refractivity contribution in [3.05, 3.63) is 111 Å². The molecule has 1 aromatic heterocycles. The second-order valence-corrected chi connectivity index (χ2v) is 8.16. The minimum absolute atomic E-state index is 0.0672. The maximum Gasteiger partial charge on any atom is 0.258 e. The number of allylic oxidation sites excluding steroid dienone is 1. The maximum absolute atomic E-state index is 14.9. The Labute approximate surface area is 198 Å². The molecule has 5 rings (SSSR count). The summed E-state index contributed by atoms with van der Waals surface area (Å²) in [5, 5.41) is 11.1. The third-order valence-electron chi connectivity index (χ3n) is 5.18. The lowest BCUT2D eigenvalue weighted by molar-refractivity contribution is 0.102. The van der Waals surface area contributed by atoms with Crippen molar-refractivity contribution in [1.29, 1.82) is 0 Å². The van der Waals surface area contributed by atoms with Crippen LogP contribution >= 0.6 is 23.2 Å². The first-order chi connectivity index (χ1) is 16.0. The Morgan fingerprint density at radius 1 is 1.00 bits per heavy atom. The number of carbonyl (C=O) groups is 1.